The zero-order valence-corrected chi connectivity index (χ0v) is 18.1. The lowest BCUT2D eigenvalue weighted by Gasteiger charge is -2.35. The smallest absolute Gasteiger partial charge is 0.259 e. The van der Waals surface area contributed by atoms with Gasteiger partial charge in [-0.25, -0.2) is 4.98 Å². The van der Waals surface area contributed by atoms with Gasteiger partial charge in [0.15, 0.2) is 0 Å². The molecule has 0 N–H and O–H groups in total. The molecule has 29 heavy (non-hydrogen) atoms. The molecule has 0 spiro atoms. The summed E-state index contributed by atoms with van der Waals surface area (Å²) in [5.74, 6) is 0.298. The second-order valence-electron chi connectivity index (χ2n) is 7.83. The lowest BCUT2D eigenvalue weighted by atomic mass is 10.0. The Morgan fingerprint density at radius 3 is 2.41 bits per heavy atom. The minimum absolute atomic E-state index is 0.0275. The molecule has 3 heterocycles. The predicted molar refractivity (Wildman–Crippen MR) is 111 cm³/mol. The van der Waals surface area contributed by atoms with Crippen LogP contribution in [0.3, 0.4) is 0 Å². The molecule has 0 radical (unpaired) electrons. The molecule has 0 bridgehead atoms. The number of carbonyl (C=O) groups excluding carboxylic acids is 2. The fourth-order valence-corrected chi connectivity index (χ4v) is 3.73. The topological polar surface area (TPSA) is 82.8 Å². The molecule has 2 aromatic rings. The number of aryl methyl sites for hydroxylation is 1. The molecule has 1 saturated heterocycles. The number of carbonyl (C=O) groups is 2. The van der Waals surface area contributed by atoms with Gasteiger partial charge in [-0.3, -0.25) is 14.5 Å². The first-order valence-corrected chi connectivity index (χ1v) is 10.4. The Morgan fingerprint density at radius 2 is 1.83 bits per heavy atom. The molecule has 2 aromatic heterocycles. The average molecular weight is 402 g/mol. The third kappa shape index (κ3) is 4.42. The summed E-state index contributed by atoms with van der Waals surface area (Å²) in [6.45, 7) is 14.3. The predicted octanol–water partition coefficient (Wildman–Crippen LogP) is 2.28. The fourth-order valence-electron chi connectivity index (χ4n) is 3.73. The number of nitrogens with zero attached hydrogens (tertiary/aromatic N) is 5. The molecular formula is C21H31N5O3. The first kappa shape index (κ1) is 21.2. The van der Waals surface area contributed by atoms with Gasteiger partial charge in [0.25, 0.3) is 11.6 Å². The number of hydrogen-bond acceptors (Lipinski definition) is 6. The Balaban J connectivity index is 1.73. The van der Waals surface area contributed by atoms with Crippen LogP contribution in [-0.2, 0) is 4.79 Å². The summed E-state index contributed by atoms with van der Waals surface area (Å²) in [6.07, 6.45) is 0. The third-order valence-electron chi connectivity index (χ3n) is 5.59. The van der Waals surface area contributed by atoms with Gasteiger partial charge in [-0.15, -0.1) is 0 Å². The Labute approximate surface area is 171 Å². The van der Waals surface area contributed by atoms with Gasteiger partial charge in [0.05, 0.1) is 23.2 Å². The summed E-state index contributed by atoms with van der Waals surface area (Å²) in [4.78, 5) is 36.0. The van der Waals surface area contributed by atoms with E-state index in [4.69, 9.17) is 4.52 Å². The number of aromatic nitrogens is 2. The molecule has 0 aromatic carbocycles. The summed E-state index contributed by atoms with van der Waals surface area (Å²) in [6, 6.07) is 1.87. The van der Waals surface area contributed by atoms with Crippen molar-refractivity contribution in [3.05, 3.63) is 23.0 Å². The highest BCUT2D eigenvalue weighted by molar-refractivity contribution is 6.06. The van der Waals surface area contributed by atoms with Crippen LogP contribution in [-0.4, -0.2) is 82.5 Å². The number of rotatable bonds is 6. The van der Waals surface area contributed by atoms with E-state index in [1.54, 1.807) is 0 Å². The van der Waals surface area contributed by atoms with E-state index in [-0.39, 0.29) is 17.7 Å². The van der Waals surface area contributed by atoms with Crippen molar-refractivity contribution >= 4 is 22.9 Å². The van der Waals surface area contributed by atoms with Crippen LogP contribution in [0.4, 0.5) is 0 Å². The molecule has 8 nitrogen and oxygen atoms in total. The maximum absolute atomic E-state index is 13.3. The molecule has 0 aliphatic carbocycles. The van der Waals surface area contributed by atoms with Crippen molar-refractivity contribution in [1.29, 1.82) is 0 Å². The van der Waals surface area contributed by atoms with Crippen LogP contribution in [0.15, 0.2) is 10.6 Å². The number of pyridine rings is 1. The molecule has 1 aliphatic heterocycles. The zero-order chi connectivity index (χ0) is 21.1. The Kier molecular flexibility index (Phi) is 6.52. The van der Waals surface area contributed by atoms with Crippen molar-refractivity contribution in [3.63, 3.8) is 0 Å². The van der Waals surface area contributed by atoms with Gasteiger partial charge in [-0.1, -0.05) is 19.0 Å². The number of amides is 2. The van der Waals surface area contributed by atoms with Crippen molar-refractivity contribution in [2.75, 3.05) is 45.8 Å². The van der Waals surface area contributed by atoms with Gasteiger partial charge in [-0.2, -0.15) is 0 Å². The zero-order valence-electron chi connectivity index (χ0n) is 18.1. The van der Waals surface area contributed by atoms with Crippen LogP contribution in [0.25, 0.3) is 11.1 Å². The molecule has 8 heteroatoms. The van der Waals surface area contributed by atoms with Crippen molar-refractivity contribution in [2.24, 2.45) is 0 Å². The molecule has 3 rings (SSSR count). The van der Waals surface area contributed by atoms with Crippen molar-refractivity contribution in [3.8, 4) is 0 Å². The van der Waals surface area contributed by atoms with Crippen LogP contribution < -0.4 is 0 Å². The highest BCUT2D eigenvalue weighted by Gasteiger charge is 2.27. The summed E-state index contributed by atoms with van der Waals surface area (Å²) in [5.41, 5.74) is 2.51. The van der Waals surface area contributed by atoms with Gasteiger partial charge in [0.1, 0.15) is 0 Å². The number of likely N-dealkylation sites (N-methyl/N-ethyl adjacent to an activating group) is 1. The van der Waals surface area contributed by atoms with Gasteiger partial charge in [0, 0.05) is 45.0 Å². The molecule has 0 atom stereocenters. The minimum Gasteiger partial charge on any atom is -0.342 e. The maximum atomic E-state index is 13.3. The Hall–Kier alpha value is -2.48. The number of hydrogen-bond donors (Lipinski definition) is 0. The van der Waals surface area contributed by atoms with Crippen LogP contribution in [0, 0.1) is 6.92 Å². The Morgan fingerprint density at radius 1 is 1.17 bits per heavy atom. The number of fused-ring (bicyclic) bond motifs is 1. The van der Waals surface area contributed by atoms with Crippen LogP contribution >= 0.6 is 0 Å². The second kappa shape index (κ2) is 8.90. The molecule has 2 amide bonds. The van der Waals surface area contributed by atoms with Gasteiger partial charge < -0.3 is 14.3 Å². The van der Waals surface area contributed by atoms with E-state index in [0.717, 1.165) is 18.8 Å². The monoisotopic (exact) mass is 401 g/mol. The second-order valence-corrected chi connectivity index (χ2v) is 7.83. The molecule has 1 aliphatic rings. The van der Waals surface area contributed by atoms with Gasteiger partial charge in [0.2, 0.25) is 5.91 Å². The highest BCUT2D eigenvalue weighted by atomic mass is 16.5. The summed E-state index contributed by atoms with van der Waals surface area (Å²) in [7, 11) is 0. The highest BCUT2D eigenvalue weighted by Crippen LogP contribution is 2.26. The lowest BCUT2D eigenvalue weighted by Crippen LogP contribution is -2.51. The summed E-state index contributed by atoms with van der Waals surface area (Å²) in [5, 5.41) is 4.70. The van der Waals surface area contributed by atoms with E-state index < -0.39 is 0 Å². The van der Waals surface area contributed by atoms with E-state index in [2.05, 4.69) is 15.0 Å². The minimum atomic E-state index is -0.0275. The number of piperazine rings is 1. The summed E-state index contributed by atoms with van der Waals surface area (Å²) < 4.78 is 5.34. The van der Waals surface area contributed by atoms with E-state index in [1.165, 1.54) is 0 Å². The Bertz CT molecular complexity index is 880. The first-order chi connectivity index (χ1) is 13.8. The molecule has 158 valence electrons. The van der Waals surface area contributed by atoms with Crippen molar-refractivity contribution in [2.45, 2.75) is 40.5 Å². The third-order valence-corrected chi connectivity index (χ3v) is 5.59. The van der Waals surface area contributed by atoms with Crippen LogP contribution in [0.2, 0.25) is 0 Å². The SMILES string of the molecule is CCN(CC)C(=O)CN1CCN(C(=O)c2cc(C(C)C)nc3onc(C)c23)CC1. The van der Waals surface area contributed by atoms with E-state index in [9.17, 15) is 9.59 Å². The van der Waals surface area contributed by atoms with E-state index in [1.807, 2.05) is 50.5 Å². The van der Waals surface area contributed by atoms with Crippen LogP contribution in [0.5, 0.6) is 0 Å². The van der Waals surface area contributed by atoms with Gasteiger partial charge in [-0.05, 0) is 32.8 Å². The molecular weight excluding hydrogens is 370 g/mol. The quantitative estimate of drug-likeness (QED) is 0.739. The normalized spacial score (nSPS) is 15.3. The fraction of sp³-hybridized carbons (Fsp3) is 0.619. The lowest BCUT2D eigenvalue weighted by molar-refractivity contribution is -0.132. The summed E-state index contributed by atoms with van der Waals surface area (Å²) >= 11 is 0. The molecule has 0 saturated carbocycles. The van der Waals surface area contributed by atoms with Crippen LogP contribution in [0.1, 0.15) is 55.4 Å². The largest absolute Gasteiger partial charge is 0.342 e. The maximum Gasteiger partial charge on any atom is 0.259 e. The standard InChI is InChI=1S/C21H31N5O3/c1-6-25(7-2)18(27)13-24-8-10-26(11-9-24)21(28)16-12-17(14(3)4)22-20-19(16)15(5)23-29-20/h12,14H,6-11,13H2,1-5H3. The van der Waals surface area contributed by atoms with E-state index >= 15 is 0 Å². The molecule has 0 unspecified atom stereocenters. The van der Waals surface area contributed by atoms with E-state index in [0.29, 0.717) is 55.1 Å². The average Bonchev–Trinajstić information content (AvgIpc) is 3.09. The van der Waals surface area contributed by atoms with Crippen molar-refractivity contribution < 1.29 is 14.1 Å². The van der Waals surface area contributed by atoms with Gasteiger partial charge >= 0.3 is 0 Å². The first-order valence-electron chi connectivity index (χ1n) is 10.4. The molecule has 1 fully saturated rings. The van der Waals surface area contributed by atoms with Crippen molar-refractivity contribution in [1.82, 2.24) is 24.8 Å².